The largest absolute Gasteiger partial charge is 0.409 e. The van der Waals surface area contributed by atoms with E-state index in [0.29, 0.717) is 0 Å². The zero-order valence-corrected chi connectivity index (χ0v) is 13.2. The van der Waals surface area contributed by atoms with Gasteiger partial charge in [-0.15, -0.1) is 0 Å². The van der Waals surface area contributed by atoms with E-state index in [0.717, 1.165) is 17.2 Å². The van der Waals surface area contributed by atoms with E-state index in [1.54, 1.807) is 20.8 Å². The van der Waals surface area contributed by atoms with Crippen LogP contribution in [0.25, 0.3) is 0 Å². The lowest BCUT2D eigenvalue weighted by atomic mass is 10.2. The van der Waals surface area contributed by atoms with E-state index in [4.69, 9.17) is 10.0 Å². The molecule has 0 aliphatic rings. The molecule has 0 saturated carbocycles. The molecule has 0 bridgehead atoms. The van der Waals surface area contributed by atoms with Crippen LogP contribution in [0.1, 0.15) is 26.3 Å². The molecule has 0 heterocycles. The van der Waals surface area contributed by atoms with Gasteiger partial charge in [-0.25, -0.2) is 5.06 Å². The molecule has 1 aromatic rings. The third-order valence-electron chi connectivity index (χ3n) is 2.36. The molecule has 0 amide bonds. The molecule has 1 N–H and O–H groups in total. The number of hydroxylamine groups is 2. The molecule has 1 rings (SSSR count). The second kappa shape index (κ2) is 4.72. The Morgan fingerprint density at radius 1 is 1.09 bits per heavy atom. The summed E-state index contributed by atoms with van der Waals surface area (Å²) in [6.45, 7) is 5.11. The molecule has 128 valence electrons. The molecule has 0 aliphatic heterocycles. The molecule has 0 spiro atoms. The van der Waals surface area contributed by atoms with Gasteiger partial charge in [0.15, 0.2) is 5.84 Å². The molecule has 0 aromatic heterocycles. The van der Waals surface area contributed by atoms with Gasteiger partial charge in [-0.2, -0.15) is 0 Å². The van der Waals surface area contributed by atoms with Crippen molar-refractivity contribution in [2.45, 2.75) is 31.3 Å². The van der Waals surface area contributed by atoms with Gasteiger partial charge in [0, 0.05) is 12.6 Å². The number of rotatable bonds is 3. The van der Waals surface area contributed by atoms with Crippen molar-refractivity contribution < 1.29 is 29.5 Å². The van der Waals surface area contributed by atoms with Gasteiger partial charge in [-0.05, 0) is 45.0 Å². The predicted octanol–water partition coefficient (Wildman–Crippen LogP) is 5.14. The Bertz CT molecular complexity index is 578. The van der Waals surface area contributed by atoms with Crippen molar-refractivity contribution >= 4 is 16.1 Å². The van der Waals surface area contributed by atoms with Crippen LogP contribution in [0.2, 0.25) is 0 Å². The molecule has 22 heavy (non-hydrogen) atoms. The number of amidine groups is 1. The Morgan fingerprint density at radius 3 is 1.86 bits per heavy atom. The van der Waals surface area contributed by atoms with Crippen LogP contribution in [0.5, 0.6) is 0 Å². The molecule has 0 atom stereocenters. The van der Waals surface area contributed by atoms with E-state index >= 15 is 0 Å². The third kappa shape index (κ3) is 5.02. The number of oxime groups is 1. The lowest BCUT2D eigenvalue weighted by Gasteiger charge is -2.40. The van der Waals surface area contributed by atoms with Gasteiger partial charge in [0.1, 0.15) is 4.90 Å². The van der Waals surface area contributed by atoms with Gasteiger partial charge < -0.3 is 5.21 Å². The SMILES string of the molecule is CN(OC(C)(C)C)/C(=N\O)c1ccc(S(F)(F)(F)(F)F)cc1. The summed E-state index contributed by atoms with van der Waals surface area (Å²) in [4.78, 5) is 3.35. The summed E-state index contributed by atoms with van der Waals surface area (Å²) < 4.78 is 63.1. The number of halogens is 5. The Labute approximate surface area is 124 Å². The molecular weight excluding hydrogens is 331 g/mol. The summed E-state index contributed by atoms with van der Waals surface area (Å²) >= 11 is 0. The number of hydrogen-bond acceptors (Lipinski definition) is 3. The Balaban J connectivity index is 3.14. The maximum atomic E-state index is 12.6. The average Bonchev–Trinajstić information content (AvgIpc) is 2.25. The van der Waals surface area contributed by atoms with Crippen LogP contribution in [0.3, 0.4) is 0 Å². The highest BCUT2D eigenvalue weighted by Gasteiger charge is 2.65. The van der Waals surface area contributed by atoms with E-state index in [1.165, 1.54) is 7.05 Å². The van der Waals surface area contributed by atoms with Crippen LogP contribution in [0.15, 0.2) is 34.3 Å². The number of benzene rings is 1. The zero-order valence-electron chi connectivity index (χ0n) is 12.4. The van der Waals surface area contributed by atoms with Crippen LogP contribution in [-0.2, 0) is 4.84 Å². The average molecular weight is 348 g/mol. The lowest BCUT2D eigenvalue weighted by molar-refractivity contribution is -0.168. The summed E-state index contributed by atoms with van der Waals surface area (Å²) in [5.41, 5.74) is -0.672. The lowest BCUT2D eigenvalue weighted by Crippen LogP contribution is -2.36. The molecule has 10 heteroatoms. The second-order valence-electron chi connectivity index (χ2n) is 5.62. The Morgan fingerprint density at radius 2 is 1.55 bits per heavy atom. The van der Waals surface area contributed by atoms with Crippen molar-refractivity contribution in [2.75, 3.05) is 7.05 Å². The summed E-state index contributed by atoms with van der Waals surface area (Å²) in [6.07, 6.45) is 0. The summed E-state index contributed by atoms with van der Waals surface area (Å²) in [7, 11) is -8.35. The normalized spacial score (nSPS) is 16.9. The molecule has 0 radical (unpaired) electrons. The molecule has 0 unspecified atom stereocenters. The molecule has 4 nitrogen and oxygen atoms in total. The summed E-state index contributed by atoms with van der Waals surface area (Å²) in [5.74, 6) is -0.219. The first-order valence-corrected chi connectivity index (χ1v) is 7.98. The first-order valence-electron chi connectivity index (χ1n) is 6.03. The quantitative estimate of drug-likeness (QED) is 0.270. The minimum atomic E-state index is -9.72. The maximum Gasteiger partial charge on any atom is 0.310 e. The van der Waals surface area contributed by atoms with Gasteiger partial charge in [0.25, 0.3) is 0 Å². The van der Waals surface area contributed by atoms with Gasteiger partial charge >= 0.3 is 10.2 Å². The van der Waals surface area contributed by atoms with Crippen molar-refractivity contribution in [1.82, 2.24) is 5.06 Å². The van der Waals surface area contributed by atoms with Crippen LogP contribution in [0.4, 0.5) is 19.4 Å². The molecule has 0 saturated heterocycles. The number of nitrogens with zero attached hydrogens (tertiary/aromatic N) is 2. The van der Waals surface area contributed by atoms with Crippen LogP contribution in [-0.4, -0.2) is 28.8 Å². The van der Waals surface area contributed by atoms with E-state index in [2.05, 4.69) is 5.16 Å². The molecule has 1 aromatic carbocycles. The van der Waals surface area contributed by atoms with E-state index in [1.807, 2.05) is 0 Å². The fraction of sp³-hybridized carbons (Fsp3) is 0.417. The van der Waals surface area contributed by atoms with Crippen molar-refractivity contribution in [2.24, 2.45) is 5.16 Å². The molecule has 0 fully saturated rings. The Hall–Kier alpha value is -1.55. The summed E-state index contributed by atoms with van der Waals surface area (Å²) in [5, 5.41) is 12.9. The van der Waals surface area contributed by atoms with Crippen molar-refractivity contribution in [3.05, 3.63) is 29.8 Å². The van der Waals surface area contributed by atoms with Gasteiger partial charge in [0.05, 0.1) is 5.60 Å². The Kier molecular flexibility index (Phi) is 3.97. The number of hydrogen-bond donors (Lipinski definition) is 1. The predicted molar refractivity (Wildman–Crippen MR) is 74.8 cm³/mol. The fourth-order valence-electron chi connectivity index (χ4n) is 1.62. The van der Waals surface area contributed by atoms with Crippen molar-refractivity contribution in [3.63, 3.8) is 0 Å². The zero-order chi connectivity index (χ0) is 17.5. The van der Waals surface area contributed by atoms with Gasteiger partial charge in [-0.1, -0.05) is 24.6 Å². The minimum Gasteiger partial charge on any atom is -0.409 e. The van der Waals surface area contributed by atoms with E-state index in [9.17, 15) is 19.4 Å². The molecule has 0 aliphatic carbocycles. The van der Waals surface area contributed by atoms with Gasteiger partial charge in [-0.3, -0.25) is 4.84 Å². The van der Waals surface area contributed by atoms with E-state index < -0.39 is 20.7 Å². The smallest absolute Gasteiger partial charge is 0.310 e. The standard InChI is InChI=1S/C12H17F5N2O2S/c1-12(2,3)21-19(4)11(18-20)9-5-7-10(8-6-9)22(13,14,15,16)17/h5-8,20H,1-4H3/b18-11-. The first kappa shape index (κ1) is 18.5. The molecular formula is C12H17F5N2O2S. The maximum absolute atomic E-state index is 12.6. The highest BCUT2D eigenvalue weighted by atomic mass is 32.5. The van der Waals surface area contributed by atoms with E-state index in [-0.39, 0.29) is 23.5 Å². The third-order valence-corrected chi connectivity index (χ3v) is 3.52. The minimum absolute atomic E-state index is 0.0140. The highest BCUT2D eigenvalue weighted by molar-refractivity contribution is 8.45. The second-order valence-corrected chi connectivity index (χ2v) is 8.03. The monoisotopic (exact) mass is 348 g/mol. The van der Waals surface area contributed by atoms with Crippen molar-refractivity contribution in [1.29, 1.82) is 0 Å². The highest BCUT2D eigenvalue weighted by Crippen LogP contribution is 3.02. The van der Waals surface area contributed by atoms with Crippen LogP contribution >= 0.6 is 10.2 Å². The van der Waals surface area contributed by atoms with Crippen LogP contribution in [0, 0.1) is 0 Å². The fourth-order valence-corrected chi connectivity index (χ4v) is 2.27. The first-order chi connectivity index (χ1) is 9.53. The summed E-state index contributed by atoms with van der Waals surface area (Å²) in [6, 6.07) is 2.05. The topological polar surface area (TPSA) is 45.1 Å². The van der Waals surface area contributed by atoms with Crippen molar-refractivity contribution in [3.8, 4) is 0 Å². The van der Waals surface area contributed by atoms with Gasteiger partial charge in [0.2, 0.25) is 0 Å². The van der Waals surface area contributed by atoms with Crippen LogP contribution < -0.4 is 0 Å².